The molecule has 3 heterocycles. The van der Waals surface area contributed by atoms with E-state index in [1.165, 1.54) is 12.8 Å². The number of amides is 1. The molecule has 5 rings (SSSR count). The fraction of sp³-hybridized carbons (Fsp3) is 0.588. The van der Waals surface area contributed by atoms with Crippen LogP contribution in [0.2, 0.25) is 0 Å². The zero-order chi connectivity index (χ0) is 15.2. The largest absolute Gasteiger partial charge is 0.481 e. The lowest BCUT2D eigenvalue weighted by Crippen LogP contribution is -2.69. The molecule has 3 saturated heterocycles. The summed E-state index contributed by atoms with van der Waals surface area (Å²) in [5.74, 6) is 1.62. The van der Waals surface area contributed by atoms with Crippen molar-refractivity contribution in [2.75, 3.05) is 19.6 Å². The van der Waals surface area contributed by atoms with Crippen LogP contribution in [0.15, 0.2) is 30.3 Å². The van der Waals surface area contributed by atoms with Crippen molar-refractivity contribution in [3.05, 3.63) is 35.9 Å². The van der Waals surface area contributed by atoms with E-state index < -0.39 is 0 Å². The highest BCUT2D eigenvalue weighted by atomic mass is 16.6. The van der Waals surface area contributed by atoms with Crippen LogP contribution in [0.4, 0.5) is 4.79 Å². The van der Waals surface area contributed by atoms with E-state index in [-0.39, 0.29) is 12.2 Å². The first kappa shape index (κ1) is 14.1. The Morgan fingerprint density at radius 2 is 1.86 bits per heavy atom. The van der Waals surface area contributed by atoms with Gasteiger partial charge < -0.3 is 14.4 Å². The van der Waals surface area contributed by atoms with E-state index in [4.69, 9.17) is 12.7 Å². The average Bonchev–Trinajstić information content (AvgIpc) is 2.48. The van der Waals surface area contributed by atoms with Gasteiger partial charge in [0.2, 0.25) is 0 Å². The van der Waals surface area contributed by atoms with Crippen molar-refractivity contribution < 1.29 is 13.9 Å². The summed E-state index contributed by atoms with van der Waals surface area (Å²) >= 11 is 0. The van der Waals surface area contributed by atoms with Gasteiger partial charge >= 0.3 is 14.1 Å². The molecule has 4 bridgehead atoms. The van der Waals surface area contributed by atoms with Gasteiger partial charge in [0.05, 0.1) is 19.6 Å². The Hall–Kier alpha value is -1.49. The molecule has 0 aromatic heterocycles. The Balaban J connectivity index is 1.35. The minimum atomic E-state index is -0.292. The Kier molecular flexibility index (Phi) is 3.41. The van der Waals surface area contributed by atoms with Crippen molar-refractivity contribution >= 4 is 14.1 Å². The number of piperidine rings is 3. The summed E-state index contributed by atoms with van der Waals surface area (Å²) in [4.78, 5) is 12.1. The number of carbonyl (C=O) groups is 1. The molecule has 2 radical (unpaired) electrons. The first-order valence-corrected chi connectivity index (χ1v) is 8.24. The molecule has 0 spiro atoms. The molecule has 1 aromatic rings. The Morgan fingerprint density at radius 3 is 2.50 bits per heavy atom. The smallest absolute Gasteiger partial charge is 0.445 e. The number of nitrogens with one attached hydrogen (secondary N) is 1. The summed E-state index contributed by atoms with van der Waals surface area (Å²) in [5.41, 5.74) is 1.09. The van der Waals surface area contributed by atoms with E-state index in [0.717, 1.165) is 31.1 Å². The van der Waals surface area contributed by atoms with Crippen LogP contribution in [0.25, 0.3) is 0 Å². The van der Waals surface area contributed by atoms with Crippen LogP contribution < -0.4 is 5.32 Å². The highest BCUT2D eigenvalue weighted by Gasteiger charge is 2.55. The van der Waals surface area contributed by atoms with Gasteiger partial charge in [-0.05, 0) is 18.4 Å². The average molecular weight is 297 g/mol. The number of benzene rings is 1. The molecule has 2 atom stereocenters. The van der Waals surface area contributed by atoms with Gasteiger partial charge in [0.1, 0.15) is 6.10 Å². The first-order chi connectivity index (χ1) is 10.6. The molecular formula is C17H22BN2O2+. The fourth-order valence-corrected chi connectivity index (χ4v) is 4.91. The van der Waals surface area contributed by atoms with Crippen molar-refractivity contribution in [3.8, 4) is 0 Å². The lowest BCUT2D eigenvalue weighted by molar-refractivity contribution is -0.852. The lowest BCUT2D eigenvalue weighted by atomic mass is 9.63. The number of ether oxygens (including phenoxy) is 1. The van der Waals surface area contributed by atoms with E-state index in [1.54, 1.807) is 0 Å². The van der Waals surface area contributed by atoms with Crippen molar-refractivity contribution in [2.45, 2.75) is 25.5 Å². The minimum Gasteiger partial charge on any atom is -0.445 e. The SMILES string of the molecule is [B][N+]12CC3CC(C1)C(OC(=O)NCc1ccccc1)C(C3)C2. The molecule has 1 amide bonds. The van der Waals surface area contributed by atoms with Gasteiger partial charge in [-0.15, -0.1) is 0 Å². The summed E-state index contributed by atoms with van der Waals surface area (Å²) in [5, 5.41) is 2.87. The van der Waals surface area contributed by atoms with Crippen LogP contribution in [0.5, 0.6) is 0 Å². The van der Waals surface area contributed by atoms with Gasteiger partial charge in [-0.2, -0.15) is 0 Å². The maximum absolute atomic E-state index is 12.1. The number of hydrogen-bond acceptors (Lipinski definition) is 2. The second-order valence-electron chi connectivity index (χ2n) is 7.33. The summed E-state index contributed by atoms with van der Waals surface area (Å²) < 4.78 is 6.48. The van der Waals surface area contributed by atoms with Gasteiger partial charge in [-0.1, -0.05) is 30.3 Å². The van der Waals surface area contributed by atoms with Gasteiger partial charge in [0, 0.05) is 24.3 Å². The fourth-order valence-electron chi connectivity index (χ4n) is 4.91. The highest BCUT2D eigenvalue weighted by molar-refractivity contribution is 5.97. The van der Waals surface area contributed by atoms with E-state index in [1.807, 2.05) is 30.3 Å². The van der Waals surface area contributed by atoms with Gasteiger partial charge in [-0.3, -0.25) is 0 Å². The topological polar surface area (TPSA) is 38.3 Å². The predicted molar refractivity (Wildman–Crippen MR) is 83.9 cm³/mol. The van der Waals surface area contributed by atoms with Crippen molar-refractivity contribution in [2.24, 2.45) is 17.8 Å². The van der Waals surface area contributed by atoms with Gasteiger partial charge in [0.25, 0.3) is 0 Å². The standard InChI is InChI=1S/C17H22BN2O2/c18-20-9-13-6-14(10-20)16(15(7-13)11-20)22-17(21)19-8-12-4-2-1-3-5-12/h1-5,13-16H,6-11H2,(H,19,21)/q+1. The third-order valence-electron chi connectivity index (χ3n) is 5.54. The van der Waals surface area contributed by atoms with Gasteiger partial charge in [-0.25, -0.2) is 4.79 Å². The number of rotatable bonds is 3. The molecule has 1 aromatic carbocycles. The highest BCUT2D eigenvalue weighted by Crippen LogP contribution is 2.47. The number of carbonyl (C=O) groups excluding carboxylic acids is 1. The third kappa shape index (κ3) is 2.63. The molecule has 5 heteroatoms. The number of quaternary nitrogens is 1. The summed E-state index contributed by atoms with van der Waals surface area (Å²) in [6, 6.07) is 9.91. The van der Waals surface area contributed by atoms with E-state index in [9.17, 15) is 4.79 Å². The van der Waals surface area contributed by atoms with Crippen LogP contribution >= 0.6 is 0 Å². The molecule has 4 nitrogen and oxygen atoms in total. The van der Waals surface area contributed by atoms with Crippen LogP contribution in [0.3, 0.4) is 0 Å². The monoisotopic (exact) mass is 297 g/mol. The van der Waals surface area contributed by atoms with Crippen molar-refractivity contribution in [1.82, 2.24) is 5.32 Å². The molecule has 4 fully saturated rings. The molecule has 4 aliphatic rings. The normalized spacial score (nSPS) is 38.7. The Labute approximate surface area is 132 Å². The van der Waals surface area contributed by atoms with E-state index >= 15 is 0 Å². The molecule has 1 N–H and O–H groups in total. The second-order valence-corrected chi connectivity index (χ2v) is 7.33. The van der Waals surface area contributed by atoms with Crippen LogP contribution in [-0.4, -0.2) is 44.2 Å². The number of hydrogen-bond donors (Lipinski definition) is 1. The van der Waals surface area contributed by atoms with Crippen LogP contribution in [0, 0.1) is 17.8 Å². The molecule has 2 unspecified atom stereocenters. The molecule has 1 saturated carbocycles. The second kappa shape index (κ2) is 5.30. The predicted octanol–water partition coefficient (Wildman–Crippen LogP) is 1.85. The lowest BCUT2D eigenvalue weighted by Gasteiger charge is -2.59. The first-order valence-electron chi connectivity index (χ1n) is 8.24. The maximum atomic E-state index is 12.1. The van der Waals surface area contributed by atoms with E-state index in [2.05, 4.69) is 5.32 Å². The van der Waals surface area contributed by atoms with Crippen LogP contribution in [-0.2, 0) is 11.3 Å². The summed E-state index contributed by atoms with van der Waals surface area (Å²) in [7, 11) is 6.43. The molecular weight excluding hydrogens is 275 g/mol. The van der Waals surface area contributed by atoms with Crippen LogP contribution in [0.1, 0.15) is 18.4 Å². The number of alkyl carbamates (subject to hydrolysis) is 1. The van der Waals surface area contributed by atoms with Crippen molar-refractivity contribution in [1.29, 1.82) is 0 Å². The van der Waals surface area contributed by atoms with Gasteiger partial charge in [0.15, 0.2) is 0 Å². The number of nitrogens with zero attached hydrogens (tertiary/aromatic N) is 1. The zero-order valence-electron chi connectivity index (χ0n) is 12.8. The quantitative estimate of drug-likeness (QED) is 0.865. The Bertz CT molecular complexity index is 549. The summed E-state index contributed by atoms with van der Waals surface area (Å²) in [6.45, 7) is 3.55. The molecule has 1 aliphatic carbocycles. The third-order valence-corrected chi connectivity index (χ3v) is 5.54. The van der Waals surface area contributed by atoms with E-state index in [0.29, 0.717) is 22.8 Å². The molecule has 114 valence electrons. The van der Waals surface area contributed by atoms with Crippen molar-refractivity contribution in [3.63, 3.8) is 0 Å². The zero-order valence-corrected chi connectivity index (χ0v) is 12.8. The minimum absolute atomic E-state index is 0.0575. The maximum Gasteiger partial charge on any atom is 0.481 e. The Morgan fingerprint density at radius 1 is 1.18 bits per heavy atom. The summed E-state index contributed by atoms with van der Waals surface area (Å²) in [6.07, 6.45) is 2.11. The molecule has 22 heavy (non-hydrogen) atoms. The molecule has 3 aliphatic heterocycles.